The molecule has 0 fully saturated rings. The molecule has 20 heavy (non-hydrogen) atoms. The van der Waals surface area contributed by atoms with Crippen molar-refractivity contribution in [2.24, 2.45) is 0 Å². The van der Waals surface area contributed by atoms with Crippen LogP contribution in [0, 0.1) is 6.92 Å². The van der Waals surface area contributed by atoms with E-state index in [0.717, 1.165) is 42.3 Å². The van der Waals surface area contributed by atoms with E-state index in [2.05, 4.69) is 31.3 Å². The molecule has 0 radical (unpaired) electrons. The van der Waals surface area contributed by atoms with Crippen LogP contribution >= 0.6 is 0 Å². The Morgan fingerprint density at radius 1 is 1.15 bits per heavy atom. The summed E-state index contributed by atoms with van der Waals surface area (Å²) in [6.45, 7) is 8.47. The quantitative estimate of drug-likeness (QED) is 0.832. The highest BCUT2D eigenvalue weighted by Gasteiger charge is 2.09. The maximum Gasteiger partial charge on any atom is 0.122 e. The molecule has 1 N–H and O–H groups in total. The van der Waals surface area contributed by atoms with Crippen LogP contribution < -0.4 is 10.1 Å². The van der Waals surface area contributed by atoms with Gasteiger partial charge in [0, 0.05) is 5.56 Å². The first-order valence-corrected chi connectivity index (χ1v) is 7.24. The summed E-state index contributed by atoms with van der Waals surface area (Å²) in [6.07, 6.45) is 0.978. The van der Waals surface area contributed by atoms with Gasteiger partial charge in [-0.05, 0) is 37.6 Å². The highest BCUT2D eigenvalue weighted by molar-refractivity contribution is 5.33. The molecule has 0 unspecified atom stereocenters. The van der Waals surface area contributed by atoms with Gasteiger partial charge in [-0.2, -0.15) is 0 Å². The van der Waals surface area contributed by atoms with E-state index in [-0.39, 0.29) is 0 Å². The van der Waals surface area contributed by atoms with Gasteiger partial charge in [0.25, 0.3) is 0 Å². The molecular formula is C17H23NO2. The minimum absolute atomic E-state index is 0.554. The fraction of sp³-hybridized carbons (Fsp3) is 0.412. The normalized spacial score (nSPS) is 10.8. The van der Waals surface area contributed by atoms with Gasteiger partial charge in [0.05, 0.1) is 6.54 Å². The molecule has 0 atom stereocenters. The third-order valence-corrected chi connectivity index (χ3v) is 3.36. The van der Waals surface area contributed by atoms with Crippen LogP contribution in [0.2, 0.25) is 0 Å². The van der Waals surface area contributed by atoms with Gasteiger partial charge in [-0.15, -0.1) is 0 Å². The molecular weight excluding hydrogens is 250 g/mol. The molecule has 0 spiro atoms. The van der Waals surface area contributed by atoms with Gasteiger partial charge >= 0.3 is 0 Å². The fourth-order valence-electron chi connectivity index (χ4n) is 2.16. The first-order valence-electron chi connectivity index (χ1n) is 7.24. The Kier molecular flexibility index (Phi) is 5.24. The monoisotopic (exact) mass is 273 g/mol. The van der Waals surface area contributed by atoms with E-state index in [9.17, 15) is 0 Å². The van der Waals surface area contributed by atoms with Crippen LogP contribution in [0.15, 0.2) is 34.7 Å². The van der Waals surface area contributed by atoms with Gasteiger partial charge in [0.2, 0.25) is 0 Å². The lowest BCUT2D eigenvalue weighted by molar-refractivity contribution is 0.300. The molecule has 1 aromatic heterocycles. The van der Waals surface area contributed by atoms with Crippen molar-refractivity contribution >= 4 is 0 Å². The zero-order valence-electron chi connectivity index (χ0n) is 12.5. The van der Waals surface area contributed by atoms with Gasteiger partial charge in [-0.25, -0.2) is 0 Å². The number of furan rings is 1. The summed E-state index contributed by atoms with van der Waals surface area (Å²) in [5.41, 5.74) is 2.35. The van der Waals surface area contributed by atoms with Gasteiger partial charge in [0.15, 0.2) is 0 Å². The first-order chi connectivity index (χ1) is 9.74. The molecule has 0 saturated carbocycles. The smallest absolute Gasteiger partial charge is 0.122 e. The molecule has 0 aliphatic heterocycles. The lowest BCUT2D eigenvalue weighted by atomic mass is 10.1. The van der Waals surface area contributed by atoms with E-state index >= 15 is 0 Å². The SMILES string of the molecule is CCNCc1cc(COc2ccccc2CC)c(C)o1. The molecule has 2 rings (SSSR count). The Bertz CT molecular complexity index is 546. The Balaban J connectivity index is 2.01. The Morgan fingerprint density at radius 2 is 1.95 bits per heavy atom. The number of ether oxygens (including phenoxy) is 1. The van der Waals surface area contributed by atoms with Gasteiger partial charge in [0.1, 0.15) is 23.9 Å². The van der Waals surface area contributed by atoms with Crippen LogP contribution in [0.1, 0.15) is 36.5 Å². The summed E-state index contributed by atoms with van der Waals surface area (Å²) in [7, 11) is 0. The summed E-state index contributed by atoms with van der Waals surface area (Å²) in [5, 5.41) is 3.26. The van der Waals surface area contributed by atoms with Crippen molar-refractivity contribution in [2.45, 2.75) is 40.3 Å². The highest BCUT2D eigenvalue weighted by atomic mass is 16.5. The van der Waals surface area contributed by atoms with E-state index in [0.29, 0.717) is 6.61 Å². The van der Waals surface area contributed by atoms with Crippen LogP contribution in [0.25, 0.3) is 0 Å². The predicted molar refractivity (Wildman–Crippen MR) is 81.0 cm³/mol. The lowest BCUT2D eigenvalue weighted by Gasteiger charge is -2.09. The molecule has 0 amide bonds. The standard InChI is InChI=1S/C17H23NO2/c1-4-14-8-6-7-9-17(14)19-12-15-10-16(11-18-5-2)20-13(15)3/h6-10,18H,4-5,11-12H2,1-3H3. The molecule has 3 heteroatoms. The number of hydrogen-bond donors (Lipinski definition) is 1. The largest absolute Gasteiger partial charge is 0.488 e. The first kappa shape index (κ1) is 14.7. The zero-order chi connectivity index (χ0) is 14.4. The average molecular weight is 273 g/mol. The van der Waals surface area contributed by atoms with Crippen LogP contribution in [0.5, 0.6) is 5.75 Å². The summed E-state index contributed by atoms with van der Waals surface area (Å²) < 4.78 is 11.7. The molecule has 0 saturated heterocycles. The topological polar surface area (TPSA) is 34.4 Å². The number of benzene rings is 1. The van der Waals surface area contributed by atoms with Crippen molar-refractivity contribution in [3.05, 3.63) is 53.0 Å². The van der Waals surface area contributed by atoms with Gasteiger partial charge in [-0.3, -0.25) is 0 Å². The summed E-state index contributed by atoms with van der Waals surface area (Å²) in [5.74, 6) is 2.86. The second kappa shape index (κ2) is 7.15. The summed E-state index contributed by atoms with van der Waals surface area (Å²) in [6, 6.07) is 10.3. The molecule has 108 valence electrons. The van der Waals surface area contributed by atoms with Crippen molar-refractivity contribution in [1.82, 2.24) is 5.32 Å². The molecule has 3 nitrogen and oxygen atoms in total. The maximum atomic E-state index is 5.93. The molecule has 0 aliphatic carbocycles. The lowest BCUT2D eigenvalue weighted by Crippen LogP contribution is -2.10. The number of rotatable bonds is 7. The van der Waals surface area contributed by atoms with Gasteiger partial charge < -0.3 is 14.5 Å². The van der Waals surface area contributed by atoms with E-state index in [1.165, 1.54) is 5.56 Å². The molecule has 1 aromatic carbocycles. The maximum absolute atomic E-state index is 5.93. The molecule has 1 heterocycles. The number of aryl methyl sites for hydroxylation is 2. The highest BCUT2D eigenvalue weighted by Crippen LogP contribution is 2.22. The van der Waals surface area contributed by atoms with Crippen LogP contribution in [0.4, 0.5) is 0 Å². The van der Waals surface area contributed by atoms with Gasteiger partial charge in [-0.1, -0.05) is 32.0 Å². The number of hydrogen-bond acceptors (Lipinski definition) is 3. The van der Waals surface area contributed by atoms with E-state index < -0.39 is 0 Å². The van der Waals surface area contributed by atoms with Crippen LogP contribution in [-0.2, 0) is 19.6 Å². The molecule has 0 bridgehead atoms. The summed E-state index contributed by atoms with van der Waals surface area (Å²) >= 11 is 0. The van der Waals surface area contributed by atoms with E-state index in [1.807, 2.05) is 25.1 Å². The van der Waals surface area contributed by atoms with Crippen molar-refractivity contribution in [2.75, 3.05) is 6.54 Å². The third kappa shape index (κ3) is 3.64. The predicted octanol–water partition coefficient (Wildman–Crippen LogP) is 3.84. The second-order valence-corrected chi connectivity index (χ2v) is 4.82. The number of nitrogens with one attached hydrogen (secondary N) is 1. The van der Waals surface area contributed by atoms with Crippen LogP contribution in [0.3, 0.4) is 0 Å². The average Bonchev–Trinajstić information content (AvgIpc) is 2.83. The summed E-state index contributed by atoms with van der Waals surface area (Å²) in [4.78, 5) is 0. The van der Waals surface area contributed by atoms with Crippen molar-refractivity contribution in [3.8, 4) is 5.75 Å². The number of para-hydroxylation sites is 1. The minimum Gasteiger partial charge on any atom is -0.488 e. The van der Waals surface area contributed by atoms with E-state index in [4.69, 9.17) is 9.15 Å². The Hall–Kier alpha value is -1.74. The van der Waals surface area contributed by atoms with E-state index in [1.54, 1.807) is 0 Å². The second-order valence-electron chi connectivity index (χ2n) is 4.82. The molecule has 0 aliphatic rings. The Morgan fingerprint density at radius 3 is 2.70 bits per heavy atom. The fourth-order valence-corrected chi connectivity index (χ4v) is 2.16. The minimum atomic E-state index is 0.554. The van der Waals surface area contributed by atoms with Crippen molar-refractivity contribution < 1.29 is 9.15 Å². The van der Waals surface area contributed by atoms with Crippen molar-refractivity contribution in [1.29, 1.82) is 0 Å². The zero-order valence-corrected chi connectivity index (χ0v) is 12.5. The van der Waals surface area contributed by atoms with Crippen LogP contribution in [-0.4, -0.2) is 6.54 Å². The van der Waals surface area contributed by atoms with Crippen molar-refractivity contribution in [3.63, 3.8) is 0 Å². The molecule has 2 aromatic rings. The Labute approximate surface area is 121 Å². The third-order valence-electron chi connectivity index (χ3n) is 3.36.